The number of carbonyl (C=O) groups is 1. The molecule has 1 amide bonds. The number of rotatable bonds is 4. The average Bonchev–Trinajstić information content (AvgIpc) is 2.61. The lowest BCUT2D eigenvalue weighted by Gasteiger charge is -2.31. The number of aryl methyl sites for hydroxylation is 2. The first-order chi connectivity index (χ1) is 12.0. The normalized spacial score (nSPS) is 14.6. The molecule has 0 aliphatic carbocycles. The van der Waals surface area contributed by atoms with Gasteiger partial charge in [0.2, 0.25) is 5.75 Å². The summed E-state index contributed by atoms with van der Waals surface area (Å²) in [6.07, 6.45) is 0.957. The molecular formula is C18H19N3O4. The first kappa shape index (κ1) is 16.9. The van der Waals surface area contributed by atoms with Gasteiger partial charge in [-0.15, -0.1) is 0 Å². The molecule has 7 heteroatoms. The van der Waals surface area contributed by atoms with Crippen molar-refractivity contribution in [2.45, 2.75) is 32.8 Å². The maximum atomic E-state index is 12.8. The van der Waals surface area contributed by atoms with Crippen molar-refractivity contribution in [3.63, 3.8) is 0 Å². The van der Waals surface area contributed by atoms with Crippen molar-refractivity contribution >= 4 is 17.4 Å². The fourth-order valence-corrected chi connectivity index (χ4v) is 2.98. The summed E-state index contributed by atoms with van der Waals surface area (Å²) in [5.41, 5.74) is 2.52. The number of hydrogen-bond acceptors (Lipinski definition) is 5. The van der Waals surface area contributed by atoms with E-state index in [4.69, 9.17) is 4.74 Å². The Morgan fingerprint density at radius 3 is 2.84 bits per heavy atom. The van der Waals surface area contributed by atoms with Gasteiger partial charge in [0.15, 0.2) is 6.10 Å². The molecular weight excluding hydrogens is 322 g/mol. The molecule has 0 saturated carbocycles. The van der Waals surface area contributed by atoms with Crippen LogP contribution in [0, 0.1) is 17.0 Å². The maximum Gasteiger partial charge on any atom is 0.406 e. The number of fused-ring (bicyclic) bond motifs is 1. The minimum Gasteiger partial charge on any atom is -0.473 e. The third-order valence-electron chi connectivity index (χ3n) is 4.18. The Morgan fingerprint density at radius 1 is 1.32 bits per heavy atom. The van der Waals surface area contributed by atoms with Crippen molar-refractivity contribution in [3.8, 4) is 5.75 Å². The van der Waals surface area contributed by atoms with E-state index in [9.17, 15) is 14.9 Å². The molecule has 0 unspecified atom stereocenters. The Morgan fingerprint density at radius 2 is 2.08 bits per heavy atom. The number of carbonyl (C=O) groups excluding carboxylic acids is 1. The molecule has 2 heterocycles. The molecule has 0 spiro atoms. The maximum absolute atomic E-state index is 12.8. The number of nitro groups is 1. The third-order valence-corrected chi connectivity index (χ3v) is 4.18. The predicted molar refractivity (Wildman–Crippen MR) is 92.8 cm³/mol. The summed E-state index contributed by atoms with van der Waals surface area (Å²) >= 11 is 0. The summed E-state index contributed by atoms with van der Waals surface area (Å²) in [6, 6.07) is 10.9. The minimum absolute atomic E-state index is 0.00162. The standard InChI is InChI=1S/C18H19N3O4/c1-12-9-10-16(17(19-12)21(23)24)25-13(2)18(22)20-11-5-7-14-6-3-4-8-15(14)20/h3-4,6,8-10,13H,5,7,11H2,1-2H3/t13-/m1/s1. The SMILES string of the molecule is Cc1ccc(O[C@H](C)C(=O)N2CCCc3ccccc32)c([N+](=O)[O-])n1. The predicted octanol–water partition coefficient (Wildman–Crippen LogP) is 3.04. The molecule has 0 saturated heterocycles. The molecule has 1 aliphatic rings. The molecule has 7 nitrogen and oxygen atoms in total. The Bertz CT molecular complexity index is 822. The van der Waals surface area contributed by atoms with Crippen molar-refractivity contribution in [2.24, 2.45) is 0 Å². The molecule has 3 rings (SSSR count). The van der Waals surface area contributed by atoms with Gasteiger partial charge in [-0.25, -0.2) is 0 Å². The van der Waals surface area contributed by atoms with Gasteiger partial charge in [0.1, 0.15) is 5.69 Å². The average molecular weight is 341 g/mol. The van der Waals surface area contributed by atoms with Crippen molar-refractivity contribution in [3.05, 3.63) is 57.8 Å². The van der Waals surface area contributed by atoms with Gasteiger partial charge in [-0.05, 0) is 53.4 Å². The molecule has 1 aromatic carbocycles. The number of para-hydroxylation sites is 1. The molecule has 0 radical (unpaired) electrons. The van der Waals surface area contributed by atoms with Gasteiger partial charge in [-0.2, -0.15) is 0 Å². The van der Waals surface area contributed by atoms with Gasteiger partial charge in [0.05, 0.1) is 0 Å². The van der Waals surface area contributed by atoms with Crippen LogP contribution in [-0.2, 0) is 11.2 Å². The van der Waals surface area contributed by atoms with Crippen LogP contribution in [0.1, 0.15) is 24.6 Å². The number of ether oxygens (including phenoxy) is 1. The van der Waals surface area contributed by atoms with E-state index in [-0.39, 0.29) is 17.5 Å². The van der Waals surface area contributed by atoms with Crippen molar-refractivity contribution in [1.82, 2.24) is 4.98 Å². The number of pyridine rings is 1. The fraction of sp³-hybridized carbons (Fsp3) is 0.333. The van der Waals surface area contributed by atoms with Crippen molar-refractivity contribution in [2.75, 3.05) is 11.4 Å². The van der Waals surface area contributed by atoms with Crippen LogP contribution in [0.15, 0.2) is 36.4 Å². The summed E-state index contributed by atoms with van der Waals surface area (Å²) in [7, 11) is 0. The summed E-state index contributed by atoms with van der Waals surface area (Å²) in [4.78, 5) is 29.0. The lowest BCUT2D eigenvalue weighted by molar-refractivity contribution is -0.390. The number of anilines is 1. The van der Waals surface area contributed by atoms with Gasteiger partial charge in [0, 0.05) is 19.2 Å². The highest BCUT2D eigenvalue weighted by Crippen LogP contribution is 2.29. The second-order valence-corrected chi connectivity index (χ2v) is 6.01. The van der Waals surface area contributed by atoms with Gasteiger partial charge < -0.3 is 19.8 Å². The molecule has 1 aliphatic heterocycles. The number of benzene rings is 1. The van der Waals surface area contributed by atoms with Crippen molar-refractivity contribution < 1.29 is 14.5 Å². The molecule has 0 fully saturated rings. The Balaban J connectivity index is 1.82. The Labute approximate surface area is 145 Å². The number of nitrogens with zero attached hydrogens (tertiary/aromatic N) is 3. The van der Waals surface area contributed by atoms with E-state index < -0.39 is 11.0 Å². The lowest BCUT2D eigenvalue weighted by Crippen LogP contribution is -2.43. The quantitative estimate of drug-likeness (QED) is 0.630. The van der Waals surface area contributed by atoms with Gasteiger partial charge in [-0.1, -0.05) is 18.2 Å². The third kappa shape index (κ3) is 3.45. The first-order valence-corrected chi connectivity index (χ1v) is 8.15. The molecule has 130 valence electrons. The molecule has 1 aromatic heterocycles. The molecule has 25 heavy (non-hydrogen) atoms. The summed E-state index contributed by atoms with van der Waals surface area (Å²) in [6.45, 7) is 3.87. The zero-order valence-electron chi connectivity index (χ0n) is 14.1. The number of aromatic nitrogens is 1. The Kier molecular flexibility index (Phi) is 4.65. The van der Waals surface area contributed by atoms with E-state index in [1.165, 1.54) is 6.07 Å². The zero-order valence-corrected chi connectivity index (χ0v) is 14.1. The van der Waals surface area contributed by atoms with Crippen LogP contribution in [0.4, 0.5) is 11.5 Å². The van der Waals surface area contributed by atoms with Crippen molar-refractivity contribution in [1.29, 1.82) is 0 Å². The highest BCUT2D eigenvalue weighted by Gasteiger charge is 2.29. The second-order valence-electron chi connectivity index (χ2n) is 6.01. The van der Waals surface area contributed by atoms with Crippen LogP contribution >= 0.6 is 0 Å². The van der Waals surface area contributed by atoms with E-state index in [1.807, 2.05) is 24.3 Å². The first-order valence-electron chi connectivity index (χ1n) is 8.15. The largest absolute Gasteiger partial charge is 0.473 e. The van der Waals surface area contributed by atoms with Crippen LogP contribution in [-0.4, -0.2) is 28.5 Å². The molecule has 1 atom stereocenters. The van der Waals surface area contributed by atoms with E-state index in [0.29, 0.717) is 12.2 Å². The molecule has 0 N–H and O–H groups in total. The van der Waals surface area contributed by atoms with E-state index in [0.717, 1.165) is 24.1 Å². The fourth-order valence-electron chi connectivity index (χ4n) is 2.98. The zero-order chi connectivity index (χ0) is 18.0. The lowest BCUT2D eigenvalue weighted by atomic mass is 10.0. The van der Waals surface area contributed by atoms with E-state index in [2.05, 4.69) is 4.98 Å². The van der Waals surface area contributed by atoms with Crippen LogP contribution in [0.2, 0.25) is 0 Å². The van der Waals surface area contributed by atoms with Gasteiger partial charge in [-0.3, -0.25) is 4.79 Å². The Hall–Kier alpha value is -2.96. The molecule has 2 aromatic rings. The number of amides is 1. The minimum atomic E-state index is -0.852. The number of hydrogen-bond donors (Lipinski definition) is 0. The van der Waals surface area contributed by atoms with Crippen LogP contribution in [0.5, 0.6) is 5.75 Å². The highest BCUT2D eigenvalue weighted by molar-refractivity contribution is 5.97. The summed E-state index contributed by atoms with van der Waals surface area (Å²) < 4.78 is 5.60. The highest BCUT2D eigenvalue weighted by atomic mass is 16.6. The summed E-state index contributed by atoms with van der Waals surface area (Å²) in [5, 5.41) is 11.2. The van der Waals surface area contributed by atoms with Crippen LogP contribution in [0.3, 0.4) is 0 Å². The second kappa shape index (κ2) is 6.88. The van der Waals surface area contributed by atoms with Gasteiger partial charge >= 0.3 is 5.82 Å². The molecule has 0 bridgehead atoms. The summed E-state index contributed by atoms with van der Waals surface area (Å²) in [5.74, 6) is -0.595. The smallest absolute Gasteiger partial charge is 0.406 e. The van der Waals surface area contributed by atoms with Crippen LogP contribution in [0.25, 0.3) is 0 Å². The van der Waals surface area contributed by atoms with E-state index >= 15 is 0 Å². The topological polar surface area (TPSA) is 85.6 Å². The van der Waals surface area contributed by atoms with E-state index in [1.54, 1.807) is 24.8 Å². The van der Waals surface area contributed by atoms with Crippen LogP contribution < -0.4 is 9.64 Å². The monoisotopic (exact) mass is 341 g/mol. The van der Waals surface area contributed by atoms with Gasteiger partial charge in [0.25, 0.3) is 5.91 Å².